The van der Waals surface area contributed by atoms with Crippen molar-refractivity contribution in [3.05, 3.63) is 29.8 Å². The minimum Gasteiger partial charge on any atom is -0.469 e. The molecule has 0 spiro atoms. The number of hydrogen-bond acceptors (Lipinski definition) is 6. The standard InChI is InChI=1S/C17H22N2O4/c1-19-12-7-8-13(19)15(17(21)22-2)14(9-12)23-16(20)10-3-5-11(18)6-4-10/h3-6,12-15H,7-9,18H2,1-2H3/t12-,13?,14+,15?/m1/s1. The Morgan fingerprint density at radius 2 is 1.91 bits per heavy atom. The van der Waals surface area contributed by atoms with Crippen LogP contribution in [0.4, 0.5) is 5.69 Å². The second-order valence-corrected chi connectivity index (χ2v) is 6.31. The van der Waals surface area contributed by atoms with Crippen molar-refractivity contribution in [1.29, 1.82) is 0 Å². The Kier molecular flexibility index (Phi) is 4.26. The predicted molar refractivity (Wildman–Crippen MR) is 84.8 cm³/mol. The van der Waals surface area contributed by atoms with Crippen molar-refractivity contribution >= 4 is 17.6 Å². The minimum atomic E-state index is -0.443. The van der Waals surface area contributed by atoms with Gasteiger partial charge in [0.25, 0.3) is 0 Å². The van der Waals surface area contributed by atoms with Crippen LogP contribution in [-0.4, -0.2) is 49.2 Å². The topological polar surface area (TPSA) is 81.9 Å². The molecule has 2 fully saturated rings. The lowest BCUT2D eigenvalue weighted by molar-refractivity contribution is -0.156. The number of nitrogen functional groups attached to an aromatic ring is 1. The molecule has 2 heterocycles. The van der Waals surface area contributed by atoms with Gasteiger partial charge in [-0.05, 0) is 44.2 Å². The highest BCUT2D eigenvalue weighted by atomic mass is 16.6. The van der Waals surface area contributed by atoms with E-state index in [1.165, 1.54) is 7.11 Å². The fourth-order valence-corrected chi connectivity index (χ4v) is 3.81. The number of nitrogens with two attached hydrogens (primary N) is 1. The van der Waals surface area contributed by atoms with Crippen LogP contribution in [0.25, 0.3) is 0 Å². The van der Waals surface area contributed by atoms with Crippen molar-refractivity contribution in [2.75, 3.05) is 19.9 Å². The molecule has 1 aromatic rings. The van der Waals surface area contributed by atoms with E-state index in [4.69, 9.17) is 15.2 Å². The number of nitrogens with zero attached hydrogens (tertiary/aromatic N) is 1. The number of benzene rings is 1. The molecular formula is C17H22N2O4. The maximum Gasteiger partial charge on any atom is 0.338 e. The maximum atomic E-state index is 12.4. The summed E-state index contributed by atoms with van der Waals surface area (Å²) in [6.07, 6.45) is 2.16. The highest BCUT2D eigenvalue weighted by molar-refractivity contribution is 5.90. The number of ether oxygens (including phenoxy) is 2. The normalized spacial score (nSPS) is 30.0. The number of carbonyl (C=O) groups excluding carboxylic acids is 2. The molecule has 0 amide bonds. The van der Waals surface area contributed by atoms with Gasteiger partial charge in [0.05, 0.1) is 12.7 Å². The van der Waals surface area contributed by atoms with Crippen molar-refractivity contribution in [1.82, 2.24) is 4.90 Å². The van der Waals surface area contributed by atoms with Crippen LogP contribution in [0.15, 0.2) is 24.3 Å². The molecule has 2 aliphatic rings. The Labute approximate surface area is 135 Å². The Morgan fingerprint density at radius 3 is 2.57 bits per heavy atom. The number of rotatable bonds is 3. The lowest BCUT2D eigenvalue weighted by Crippen LogP contribution is -2.53. The number of piperidine rings is 1. The van der Waals surface area contributed by atoms with Crippen molar-refractivity contribution < 1.29 is 19.1 Å². The largest absolute Gasteiger partial charge is 0.469 e. The first-order valence-corrected chi connectivity index (χ1v) is 7.87. The molecule has 23 heavy (non-hydrogen) atoms. The van der Waals surface area contributed by atoms with Gasteiger partial charge in [-0.3, -0.25) is 9.69 Å². The Balaban J connectivity index is 1.78. The van der Waals surface area contributed by atoms with E-state index in [-0.39, 0.29) is 12.0 Å². The van der Waals surface area contributed by atoms with Gasteiger partial charge in [0.1, 0.15) is 12.0 Å². The molecule has 0 aromatic heterocycles. The number of fused-ring (bicyclic) bond motifs is 2. The molecule has 6 nitrogen and oxygen atoms in total. The molecule has 6 heteroatoms. The van der Waals surface area contributed by atoms with E-state index in [9.17, 15) is 9.59 Å². The number of anilines is 1. The van der Waals surface area contributed by atoms with Gasteiger partial charge in [0.2, 0.25) is 0 Å². The highest BCUT2D eigenvalue weighted by Gasteiger charge is 2.50. The second-order valence-electron chi connectivity index (χ2n) is 6.31. The van der Waals surface area contributed by atoms with Gasteiger partial charge in [0.15, 0.2) is 0 Å². The van der Waals surface area contributed by atoms with Gasteiger partial charge in [-0.25, -0.2) is 4.79 Å². The number of methoxy groups -OCH3 is 1. The first-order valence-electron chi connectivity index (χ1n) is 7.87. The average Bonchev–Trinajstić information content (AvgIpc) is 2.78. The van der Waals surface area contributed by atoms with Gasteiger partial charge >= 0.3 is 11.9 Å². The van der Waals surface area contributed by atoms with Crippen molar-refractivity contribution in [3.63, 3.8) is 0 Å². The summed E-state index contributed by atoms with van der Waals surface area (Å²) >= 11 is 0. The van der Waals surface area contributed by atoms with Gasteiger partial charge in [-0.2, -0.15) is 0 Å². The SMILES string of the molecule is COC(=O)C1C2CC[C@H](C[C@@H]1OC(=O)c1ccc(N)cc1)N2C. The Bertz CT molecular complexity index is 601. The molecule has 2 saturated heterocycles. The van der Waals surface area contributed by atoms with Crippen LogP contribution in [0.2, 0.25) is 0 Å². The third kappa shape index (κ3) is 2.91. The summed E-state index contributed by atoms with van der Waals surface area (Å²) in [5, 5.41) is 0. The van der Waals surface area contributed by atoms with Gasteiger partial charge in [-0.1, -0.05) is 0 Å². The van der Waals surface area contributed by atoms with Gasteiger partial charge in [0, 0.05) is 24.2 Å². The molecule has 2 N–H and O–H groups in total. The monoisotopic (exact) mass is 318 g/mol. The number of esters is 2. The smallest absolute Gasteiger partial charge is 0.338 e. The first-order chi connectivity index (χ1) is 11.0. The van der Waals surface area contributed by atoms with Crippen LogP contribution >= 0.6 is 0 Å². The summed E-state index contributed by atoms with van der Waals surface area (Å²) in [5.74, 6) is -1.16. The molecule has 0 aliphatic carbocycles. The van der Waals surface area contributed by atoms with Crippen molar-refractivity contribution in [3.8, 4) is 0 Å². The van der Waals surface area contributed by atoms with E-state index in [2.05, 4.69) is 4.90 Å². The van der Waals surface area contributed by atoms with Crippen molar-refractivity contribution in [2.24, 2.45) is 5.92 Å². The minimum absolute atomic E-state index is 0.0745. The molecule has 0 saturated carbocycles. The average molecular weight is 318 g/mol. The van der Waals surface area contributed by atoms with Crippen LogP contribution in [0.3, 0.4) is 0 Å². The molecule has 2 aliphatic heterocycles. The van der Waals surface area contributed by atoms with E-state index in [1.807, 2.05) is 7.05 Å². The van der Waals surface area contributed by atoms with Crippen LogP contribution in [0.1, 0.15) is 29.6 Å². The molecule has 124 valence electrons. The van der Waals surface area contributed by atoms with Crippen LogP contribution in [0.5, 0.6) is 0 Å². The molecule has 2 unspecified atom stereocenters. The molecule has 2 bridgehead atoms. The van der Waals surface area contributed by atoms with Crippen LogP contribution < -0.4 is 5.73 Å². The Hall–Kier alpha value is -2.08. The summed E-state index contributed by atoms with van der Waals surface area (Å²) in [6.45, 7) is 0. The summed E-state index contributed by atoms with van der Waals surface area (Å²) in [7, 11) is 3.40. The lowest BCUT2D eigenvalue weighted by atomic mass is 9.87. The van der Waals surface area contributed by atoms with Gasteiger partial charge < -0.3 is 15.2 Å². The molecular weight excluding hydrogens is 296 g/mol. The molecule has 0 radical (unpaired) electrons. The van der Waals surface area contributed by atoms with E-state index in [0.717, 1.165) is 12.8 Å². The maximum absolute atomic E-state index is 12.4. The van der Waals surface area contributed by atoms with E-state index >= 15 is 0 Å². The first kappa shape index (κ1) is 15.8. The third-order valence-electron chi connectivity index (χ3n) is 5.09. The van der Waals surface area contributed by atoms with Gasteiger partial charge in [-0.15, -0.1) is 0 Å². The second kappa shape index (κ2) is 6.20. The zero-order valence-electron chi connectivity index (χ0n) is 13.4. The zero-order chi connectivity index (χ0) is 16.6. The molecule has 1 aromatic carbocycles. The van der Waals surface area contributed by atoms with Crippen LogP contribution in [0, 0.1) is 5.92 Å². The summed E-state index contributed by atoms with van der Waals surface area (Å²) in [6, 6.07) is 7.01. The quantitative estimate of drug-likeness (QED) is 0.671. The number of carbonyl (C=O) groups is 2. The van der Waals surface area contributed by atoms with Crippen LogP contribution in [-0.2, 0) is 14.3 Å². The summed E-state index contributed by atoms with van der Waals surface area (Å²) in [4.78, 5) is 26.8. The van der Waals surface area contributed by atoms with Crippen molar-refractivity contribution in [2.45, 2.75) is 37.5 Å². The van der Waals surface area contributed by atoms with E-state index < -0.39 is 18.0 Å². The third-order valence-corrected chi connectivity index (χ3v) is 5.09. The summed E-state index contributed by atoms with van der Waals surface area (Å²) in [5.41, 5.74) is 6.66. The summed E-state index contributed by atoms with van der Waals surface area (Å²) < 4.78 is 10.6. The molecule has 4 atom stereocenters. The number of hydrogen-bond donors (Lipinski definition) is 1. The Morgan fingerprint density at radius 1 is 1.22 bits per heavy atom. The predicted octanol–water partition coefficient (Wildman–Crippen LogP) is 1.45. The fourth-order valence-electron chi connectivity index (χ4n) is 3.81. The lowest BCUT2D eigenvalue weighted by Gasteiger charge is -2.40. The zero-order valence-corrected chi connectivity index (χ0v) is 13.4. The molecule has 3 rings (SSSR count). The highest BCUT2D eigenvalue weighted by Crippen LogP contribution is 2.40. The van der Waals surface area contributed by atoms with E-state index in [0.29, 0.717) is 23.7 Å². The van der Waals surface area contributed by atoms with E-state index in [1.54, 1.807) is 24.3 Å². The fraction of sp³-hybridized carbons (Fsp3) is 0.529.